The van der Waals surface area contributed by atoms with Gasteiger partial charge in [0, 0.05) is 10.3 Å². The summed E-state index contributed by atoms with van der Waals surface area (Å²) < 4.78 is 63.1. The second-order valence-electron chi connectivity index (χ2n) is 3.94. The van der Waals surface area contributed by atoms with Crippen molar-refractivity contribution in [3.63, 3.8) is 0 Å². The zero-order chi connectivity index (χ0) is 15.7. The number of aromatic nitrogens is 1. The maximum absolute atomic E-state index is 12.3. The van der Waals surface area contributed by atoms with Crippen LogP contribution in [-0.4, -0.2) is 18.5 Å². The van der Waals surface area contributed by atoms with E-state index >= 15 is 0 Å². The molecular formula is C11H9F3N2O3S2. The summed E-state index contributed by atoms with van der Waals surface area (Å²) in [5.74, 6) is 0. The zero-order valence-corrected chi connectivity index (χ0v) is 11.9. The van der Waals surface area contributed by atoms with Crippen LogP contribution >= 0.6 is 11.3 Å². The van der Waals surface area contributed by atoms with Gasteiger partial charge in [-0.05, 0) is 18.2 Å². The summed E-state index contributed by atoms with van der Waals surface area (Å²) in [6, 6.07) is 2.95. The molecule has 0 aromatic carbocycles. The first-order valence-corrected chi connectivity index (χ1v) is 7.83. The minimum absolute atomic E-state index is 0.0727. The van der Waals surface area contributed by atoms with Crippen molar-refractivity contribution in [3.8, 4) is 0 Å². The Labute approximate surface area is 122 Å². The quantitative estimate of drug-likeness (QED) is 0.897. The number of rotatable bonds is 4. The number of alkyl halides is 3. The van der Waals surface area contributed by atoms with E-state index in [0.717, 1.165) is 23.6 Å². The van der Waals surface area contributed by atoms with Crippen molar-refractivity contribution in [1.82, 2.24) is 4.98 Å². The summed E-state index contributed by atoms with van der Waals surface area (Å²) in [5.41, 5.74) is -1.19. The number of hydrogen-bond acceptors (Lipinski definition) is 5. The van der Waals surface area contributed by atoms with Crippen LogP contribution in [0.25, 0.3) is 0 Å². The molecule has 0 aliphatic carbocycles. The molecule has 0 aliphatic rings. The Morgan fingerprint density at radius 1 is 1.33 bits per heavy atom. The molecule has 2 aromatic rings. The molecule has 0 atom stereocenters. The molecule has 0 fully saturated rings. The number of sulfonamides is 1. The Hall–Kier alpha value is -1.65. The van der Waals surface area contributed by atoms with Crippen LogP contribution in [0.5, 0.6) is 0 Å². The second kappa shape index (κ2) is 5.62. The molecule has 5 nitrogen and oxygen atoms in total. The largest absolute Gasteiger partial charge is 0.433 e. The van der Waals surface area contributed by atoms with Crippen molar-refractivity contribution in [1.29, 1.82) is 0 Å². The van der Waals surface area contributed by atoms with Crippen LogP contribution in [0.4, 0.5) is 18.9 Å². The van der Waals surface area contributed by atoms with E-state index in [0.29, 0.717) is 10.9 Å². The van der Waals surface area contributed by atoms with E-state index in [4.69, 9.17) is 5.11 Å². The fourth-order valence-electron chi connectivity index (χ4n) is 1.42. The number of hydrogen-bond donors (Lipinski definition) is 2. The lowest BCUT2D eigenvalue weighted by atomic mass is 10.3. The number of anilines is 1. The van der Waals surface area contributed by atoms with Crippen molar-refractivity contribution in [2.45, 2.75) is 17.7 Å². The third-order valence-electron chi connectivity index (χ3n) is 2.40. The SMILES string of the molecule is O=S(=O)(Nc1ccc(C(F)(F)F)nc1)c1csc(CO)c1. The summed E-state index contributed by atoms with van der Waals surface area (Å²) in [7, 11) is -3.92. The maximum atomic E-state index is 12.3. The Morgan fingerprint density at radius 3 is 2.52 bits per heavy atom. The molecule has 0 radical (unpaired) electrons. The Morgan fingerprint density at radius 2 is 2.05 bits per heavy atom. The first kappa shape index (κ1) is 15.7. The summed E-state index contributed by atoms with van der Waals surface area (Å²) in [4.78, 5) is 3.55. The topological polar surface area (TPSA) is 79.3 Å². The van der Waals surface area contributed by atoms with Crippen LogP contribution in [0, 0.1) is 0 Å². The van der Waals surface area contributed by atoms with Gasteiger partial charge in [-0.3, -0.25) is 4.72 Å². The van der Waals surface area contributed by atoms with Crippen LogP contribution in [0.1, 0.15) is 10.6 Å². The Balaban J connectivity index is 2.21. The highest BCUT2D eigenvalue weighted by Crippen LogP contribution is 2.28. The molecule has 0 unspecified atom stereocenters. The maximum Gasteiger partial charge on any atom is 0.433 e. The normalized spacial score (nSPS) is 12.4. The van der Waals surface area contributed by atoms with Gasteiger partial charge in [-0.15, -0.1) is 11.3 Å². The van der Waals surface area contributed by atoms with Gasteiger partial charge in [0.1, 0.15) is 5.69 Å². The van der Waals surface area contributed by atoms with Gasteiger partial charge in [0.05, 0.1) is 23.4 Å². The molecule has 0 amide bonds. The summed E-state index contributed by atoms with van der Waals surface area (Å²) in [6.07, 6.45) is -3.79. The minimum atomic E-state index is -4.58. The molecule has 0 saturated heterocycles. The van der Waals surface area contributed by atoms with Crippen molar-refractivity contribution in [3.05, 3.63) is 40.3 Å². The Kier molecular flexibility index (Phi) is 4.21. The highest BCUT2D eigenvalue weighted by atomic mass is 32.2. The molecule has 2 rings (SSSR count). The fraction of sp³-hybridized carbons (Fsp3) is 0.182. The monoisotopic (exact) mass is 338 g/mol. The highest BCUT2D eigenvalue weighted by Gasteiger charge is 2.32. The molecule has 0 saturated carbocycles. The molecular weight excluding hydrogens is 329 g/mol. The third kappa shape index (κ3) is 3.71. The van der Waals surface area contributed by atoms with E-state index in [2.05, 4.69) is 9.71 Å². The minimum Gasteiger partial charge on any atom is -0.391 e. The molecule has 2 aromatic heterocycles. The van der Waals surface area contributed by atoms with E-state index in [9.17, 15) is 21.6 Å². The Bertz CT molecular complexity index is 724. The van der Waals surface area contributed by atoms with Crippen molar-refractivity contribution < 1.29 is 26.7 Å². The molecule has 2 heterocycles. The molecule has 21 heavy (non-hydrogen) atoms. The number of nitrogens with zero attached hydrogens (tertiary/aromatic N) is 1. The van der Waals surface area contributed by atoms with Gasteiger partial charge in [0.25, 0.3) is 10.0 Å². The standard InChI is InChI=1S/C11H9F3N2O3S2/c12-11(13,14)10-2-1-7(4-15-10)16-21(18,19)9-3-8(5-17)20-6-9/h1-4,6,16-17H,5H2. The number of pyridine rings is 1. The van der Waals surface area contributed by atoms with Gasteiger partial charge < -0.3 is 5.11 Å². The third-order valence-corrected chi connectivity index (χ3v) is 4.83. The molecule has 0 bridgehead atoms. The van der Waals surface area contributed by atoms with E-state index in [1.165, 1.54) is 11.4 Å². The van der Waals surface area contributed by atoms with Gasteiger partial charge in [-0.2, -0.15) is 13.2 Å². The number of aliphatic hydroxyl groups is 1. The van der Waals surface area contributed by atoms with Crippen molar-refractivity contribution in [2.24, 2.45) is 0 Å². The van der Waals surface area contributed by atoms with E-state index in [1.54, 1.807) is 0 Å². The highest BCUT2D eigenvalue weighted by molar-refractivity contribution is 7.92. The summed E-state index contributed by atoms with van der Waals surface area (Å²) in [5, 5.41) is 10.2. The van der Waals surface area contributed by atoms with Crippen LogP contribution in [0.2, 0.25) is 0 Å². The fourth-order valence-corrected chi connectivity index (χ4v) is 3.60. The van der Waals surface area contributed by atoms with Gasteiger partial charge in [0.2, 0.25) is 0 Å². The van der Waals surface area contributed by atoms with Crippen LogP contribution in [-0.2, 0) is 22.8 Å². The lowest BCUT2D eigenvalue weighted by Crippen LogP contribution is -2.13. The van der Waals surface area contributed by atoms with Crippen LogP contribution < -0.4 is 4.72 Å². The molecule has 10 heteroatoms. The predicted octanol–water partition coefficient (Wildman–Crippen LogP) is 2.46. The average molecular weight is 338 g/mol. The van der Waals surface area contributed by atoms with E-state index < -0.39 is 21.9 Å². The average Bonchev–Trinajstić information content (AvgIpc) is 2.87. The van der Waals surface area contributed by atoms with E-state index in [1.807, 2.05) is 0 Å². The number of halogens is 3. The van der Waals surface area contributed by atoms with Gasteiger partial charge >= 0.3 is 6.18 Å². The molecule has 0 aliphatic heterocycles. The van der Waals surface area contributed by atoms with E-state index in [-0.39, 0.29) is 17.2 Å². The number of aliphatic hydroxyl groups excluding tert-OH is 1. The molecule has 0 spiro atoms. The number of nitrogens with one attached hydrogen (secondary N) is 1. The summed E-state index contributed by atoms with van der Waals surface area (Å²) in [6.45, 7) is -0.290. The molecule has 114 valence electrons. The van der Waals surface area contributed by atoms with Gasteiger partial charge in [-0.1, -0.05) is 0 Å². The first-order valence-electron chi connectivity index (χ1n) is 5.47. The van der Waals surface area contributed by atoms with Gasteiger partial charge in [0.15, 0.2) is 0 Å². The summed E-state index contributed by atoms with van der Waals surface area (Å²) >= 11 is 1.06. The van der Waals surface area contributed by atoms with Crippen LogP contribution in [0.3, 0.4) is 0 Å². The first-order chi connectivity index (χ1) is 9.72. The zero-order valence-electron chi connectivity index (χ0n) is 10.3. The lowest BCUT2D eigenvalue weighted by Gasteiger charge is -2.08. The smallest absolute Gasteiger partial charge is 0.391 e. The van der Waals surface area contributed by atoms with Crippen LogP contribution in [0.15, 0.2) is 34.7 Å². The van der Waals surface area contributed by atoms with Crippen molar-refractivity contribution >= 4 is 27.0 Å². The lowest BCUT2D eigenvalue weighted by molar-refractivity contribution is -0.141. The molecule has 2 N–H and O–H groups in total. The van der Waals surface area contributed by atoms with Crippen molar-refractivity contribution in [2.75, 3.05) is 4.72 Å². The predicted molar refractivity (Wildman–Crippen MR) is 70.3 cm³/mol. The second-order valence-corrected chi connectivity index (χ2v) is 6.62. The van der Waals surface area contributed by atoms with Gasteiger partial charge in [-0.25, -0.2) is 13.4 Å². The number of thiophene rings is 1.